The van der Waals surface area contributed by atoms with Crippen LogP contribution in [0.5, 0.6) is 5.75 Å². The van der Waals surface area contributed by atoms with Gasteiger partial charge in [0, 0.05) is 0 Å². The van der Waals surface area contributed by atoms with Crippen LogP contribution in [0, 0.1) is 6.92 Å². The quantitative estimate of drug-likeness (QED) is 0.704. The molecule has 0 fully saturated rings. The highest BCUT2D eigenvalue weighted by Gasteiger charge is 1.99. The van der Waals surface area contributed by atoms with Crippen molar-refractivity contribution in [3.63, 3.8) is 0 Å². The van der Waals surface area contributed by atoms with Crippen LogP contribution >= 0.6 is 0 Å². The van der Waals surface area contributed by atoms with Crippen molar-refractivity contribution in [3.8, 4) is 5.75 Å². The van der Waals surface area contributed by atoms with Crippen LogP contribution in [0.2, 0.25) is 0 Å². The maximum atomic E-state index is 8.61. The van der Waals surface area contributed by atoms with E-state index in [0.717, 1.165) is 5.75 Å². The molecule has 0 aromatic heterocycles. The largest absolute Gasteiger partial charge is 0.488 e. The minimum absolute atomic E-state index is 0.0606. The molecule has 1 radical (unpaired) electrons. The second-order valence-corrected chi connectivity index (χ2v) is 2.24. The van der Waals surface area contributed by atoms with Crippen LogP contribution in [0.1, 0.15) is 0 Å². The minimum atomic E-state index is -0.377. The van der Waals surface area contributed by atoms with Crippen molar-refractivity contribution >= 4 is 0 Å². The fourth-order valence-corrected chi connectivity index (χ4v) is 0.729. The molecule has 0 aliphatic heterocycles. The van der Waals surface area contributed by atoms with E-state index in [2.05, 4.69) is 6.92 Å². The molecule has 1 aromatic rings. The SMILES string of the molecule is [CH2]C(CO)Oc1ccccc1. The topological polar surface area (TPSA) is 29.5 Å². The summed E-state index contributed by atoms with van der Waals surface area (Å²) >= 11 is 0. The number of aliphatic hydroxyl groups excluding tert-OH is 1. The number of hydrogen-bond donors (Lipinski definition) is 1. The Balaban J connectivity index is 2.51. The number of aliphatic hydroxyl groups is 1. The third-order valence-corrected chi connectivity index (χ3v) is 1.25. The molecule has 1 aromatic carbocycles. The van der Waals surface area contributed by atoms with Gasteiger partial charge in [-0.2, -0.15) is 0 Å². The van der Waals surface area contributed by atoms with Gasteiger partial charge in [0.05, 0.1) is 6.61 Å². The van der Waals surface area contributed by atoms with E-state index in [9.17, 15) is 0 Å². The summed E-state index contributed by atoms with van der Waals surface area (Å²) in [6.45, 7) is 3.52. The number of para-hydroxylation sites is 1. The zero-order chi connectivity index (χ0) is 8.10. The summed E-state index contributed by atoms with van der Waals surface area (Å²) in [5.41, 5.74) is 0. The molecule has 0 bridgehead atoms. The van der Waals surface area contributed by atoms with Gasteiger partial charge < -0.3 is 9.84 Å². The Morgan fingerprint density at radius 1 is 1.36 bits per heavy atom. The minimum Gasteiger partial charge on any atom is -0.488 e. The van der Waals surface area contributed by atoms with Gasteiger partial charge in [-0.3, -0.25) is 0 Å². The van der Waals surface area contributed by atoms with Crippen molar-refractivity contribution in [2.45, 2.75) is 6.10 Å². The molecule has 1 unspecified atom stereocenters. The third kappa shape index (κ3) is 2.60. The summed E-state index contributed by atoms with van der Waals surface area (Å²) in [5, 5.41) is 8.61. The van der Waals surface area contributed by atoms with Gasteiger partial charge in [0.15, 0.2) is 0 Å². The predicted octanol–water partition coefficient (Wildman–Crippen LogP) is 1.26. The maximum absolute atomic E-state index is 8.61. The molecule has 0 amide bonds. The van der Waals surface area contributed by atoms with Gasteiger partial charge in [0.1, 0.15) is 11.9 Å². The fraction of sp³-hybridized carbons (Fsp3) is 0.222. The standard InChI is InChI=1S/C9H11O2/c1-8(7-10)11-9-5-3-2-4-6-9/h2-6,8,10H,1,7H2. The Hall–Kier alpha value is -1.02. The Morgan fingerprint density at radius 3 is 2.55 bits per heavy atom. The third-order valence-electron chi connectivity index (χ3n) is 1.25. The van der Waals surface area contributed by atoms with Gasteiger partial charge in [-0.15, -0.1) is 0 Å². The number of benzene rings is 1. The van der Waals surface area contributed by atoms with E-state index in [4.69, 9.17) is 9.84 Å². The Labute approximate surface area is 66.4 Å². The molecule has 11 heavy (non-hydrogen) atoms. The van der Waals surface area contributed by atoms with Crippen LogP contribution in [0.15, 0.2) is 30.3 Å². The molecule has 0 saturated heterocycles. The summed E-state index contributed by atoms with van der Waals surface area (Å²) in [6.07, 6.45) is -0.377. The molecule has 1 atom stereocenters. The molecule has 0 saturated carbocycles. The van der Waals surface area contributed by atoms with Crippen molar-refractivity contribution in [3.05, 3.63) is 37.3 Å². The van der Waals surface area contributed by atoms with E-state index in [0.29, 0.717) is 0 Å². The monoisotopic (exact) mass is 151 g/mol. The first-order valence-electron chi connectivity index (χ1n) is 3.48. The Morgan fingerprint density at radius 2 is 2.00 bits per heavy atom. The number of ether oxygens (including phenoxy) is 1. The summed E-state index contributed by atoms with van der Waals surface area (Å²) < 4.78 is 5.20. The zero-order valence-electron chi connectivity index (χ0n) is 6.23. The normalized spacial score (nSPS) is 12.5. The van der Waals surface area contributed by atoms with Crippen LogP contribution in [0.3, 0.4) is 0 Å². The first kappa shape index (κ1) is 8.08. The molecular weight excluding hydrogens is 140 g/mol. The first-order chi connectivity index (χ1) is 5.33. The highest BCUT2D eigenvalue weighted by molar-refractivity contribution is 5.21. The lowest BCUT2D eigenvalue weighted by Crippen LogP contribution is -2.16. The van der Waals surface area contributed by atoms with E-state index in [-0.39, 0.29) is 12.7 Å². The van der Waals surface area contributed by atoms with E-state index in [1.54, 1.807) is 0 Å². The van der Waals surface area contributed by atoms with Crippen LogP contribution < -0.4 is 4.74 Å². The molecule has 0 spiro atoms. The van der Waals surface area contributed by atoms with Gasteiger partial charge in [-0.1, -0.05) is 18.2 Å². The lowest BCUT2D eigenvalue weighted by atomic mass is 10.3. The highest BCUT2D eigenvalue weighted by atomic mass is 16.5. The van der Waals surface area contributed by atoms with Crippen LogP contribution in [-0.4, -0.2) is 17.8 Å². The van der Waals surface area contributed by atoms with Gasteiger partial charge in [0.2, 0.25) is 0 Å². The molecule has 2 heteroatoms. The molecular formula is C9H11O2. The molecule has 1 N–H and O–H groups in total. The van der Waals surface area contributed by atoms with Crippen LogP contribution in [0.25, 0.3) is 0 Å². The second-order valence-electron chi connectivity index (χ2n) is 2.24. The zero-order valence-corrected chi connectivity index (χ0v) is 6.23. The summed E-state index contributed by atoms with van der Waals surface area (Å²) in [5.74, 6) is 0.738. The van der Waals surface area contributed by atoms with Crippen LogP contribution in [0.4, 0.5) is 0 Å². The van der Waals surface area contributed by atoms with Gasteiger partial charge in [-0.05, 0) is 19.1 Å². The molecule has 1 rings (SSSR count). The van der Waals surface area contributed by atoms with Crippen molar-refractivity contribution in [2.24, 2.45) is 0 Å². The van der Waals surface area contributed by atoms with E-state index >= 15 is 0 Å². The van der Waals surface area contributed by atoms with E-state index in [1.165, 1.54) is 0 Å². The molecule has 0 heterocycles. The summed E-state index contributed by atoms with van der Waals surface area (Å²) in [4.78, 5) is 0. The lowest BCUT2D eigenvalue weighted by molar-refractivity contribution is 0.148. The van der Waals surface area contributed by atoms with Gasteiger partial charge in [-0.25, -0.2) is 0 Å². The predicted molar refractivity (Wildman–Crippen MR) is 43.3 cm³/mol. The lowest BCUT2D eigenvalue weighted by Gasteiger charge is -2.10. The van der Waals surface area contributed by atoms with Crippen molar-refractivity contribution in [1.29, 1.82) is 0 Å². The van der Waals surface area contributed by atoms with E-state index < -0.39 is 0 Å². The van der Waals surface area contributed by atoms with Crippen LogP contribution in [-0.2, 0) is 0 Å². The van der Waals surface area contributed by atoms with Crippen molar-refractivity contribution in [1.82, 2.24) is 0 Å². The summed E-state index contributed by atoms with van der Waals surface area (Å²) in [6, 6.07) is 9.31. The highest BCUT2D eigenvalue weighted by Crippen LogP contribution is 2.09. The molecule has 0 aliphatic rings. The average molecular weight is 151 g/mol. The smallest absolute Gasteiger partial charge is 0.122 e. The average Bonchev–Trinajstić information content (AvgIpc) is 2.06. The van der Waals surface area contributed by atoms with Crippen molar-refractivity contribution in [2.75, 3.05) is 6.61 Å². The number of hydrogen-bond acceptors (Lipinski definition) is 2. The first-order valence-corrected chi connectivity index (χ1v) is 3.48. The Kier molecular flexibility index (Phi) is 2.93. The van der Waals surface area contributed by atoms with Gasteiger partial charge >= 0.3 is 0 Å². The van der Waals surface area contributed by atoms with Gasteiger partial charge in [0.25, 0.3) is 0 Å². The van der Waals surface area contributed by atoms with Crippen molar-refractivity contribution < 1.29 is 9.84 Å². The molecule has 0 aliphatic carbocycles. The molecule has 2 nitrogen and oxygen atoms in total. The Bertz CT molecular complexity index is 196. The second kappa shape index (κ2) is 3.98. The molecule has 59 valence electrons. The fourth-order valence-electron chi connectivity index (χ4n) is 0.729. The summed E-state index contributed by atoms with van der Waals surface area (Å²) in [7, 11) is 0. The van der Waals surface area contributed by atoms with E-state index in [1.807, 2.05) is 30.3 Å². The number of rotatable bonds is 3. The maximum Gasteiger partial charge on any atom is 0.122 e.